The molecular weight excluding hydrogens is 320 g/mol. The van der Waals surface area contributed by atoms with Gasteiger partial charge in [0.25, 0.3) is 0 Å². The summed E-state index contributed by atoms with van der Waals surface area (Å²) in [5.74, 6) is -0.312. The minimum atomic E-state index is -1.06. The Morgan fingerprint density at radius 3 is 2.80 bits per heavy atom. The molecule has 0 unspecified atom stereocenters. The van der Waals surface area contributed by atoms with Gasteiger partial charge < -0.3 is 10.4 Å². The van der Waals surface area contributed by atoms with Crippen LogP contribution in [0.4, 0.5) is 5.82 Å². The highest BCUT2D eigenvalue weighted by Crippen LogP contribution is 2.22. The highest BCUT2D eigenvalue weighted by atomic mass is 16.4. The van der Waals surface area contributed by atoms with E-state index in [0.717, 1.165) is 22.7 Å². The molecule has 3 heterocycles. The number of aromatic nitrogens is 5. The van der Waals surface area contributed by atoms with E-state index < -0.39 is 5.97 Å². The fraction of sp³-hybridized carbons (Fsp3) is 0.0588. The number of H-pyrrole nitrogens is 1. The number of aromatic carboxylic acids is 1. The molecule has 0 amide bonds. The van der Waals surface area contributed by atoms with E-state index in [0.29, 0.717) is 12.2 Å². The molecule has 0 spiro atoms. The highest BCUT2D eigenvalue weighted by molar-refractivity contribution is 5.85. The Morgan fingerprint density at radius 1 is 1.20 bits per heavy atom. The number of aromatic amines is 1. The largest absolute Gasteiger partial charge is 0.476 e. The molecule has 0 aliphatic carbocycles. The normalized spacial score (nSPS) is 10.9. The number of hydrogen-bond donors (Lipinski definition) is 3. The quantitative estimate of drug-likeness (QED) is 0.517. The number of carboxylic acids is 1. The van der Waals surface area contributed by atoms with Crippen molar-refractivity contribution >= 4 is 17.4 Å². The Bertz CT molecular complexity index is 1040. The van der Waals surface area contributed by atoms with Crippen LogP contribution in [-0.2, 0) is 6.54 Å². The van der Waals surface area contributed by atoms with Crippen LogP contribution in [0, 0.1) is 0 Å². The fourth-order valence-corrected chi connectivity index (χ4v) is 2.54. The van der Waals surface area contributed by atoms with Gasteiger partial charge in [0.2, 0.25) is 0 Å². The minimum Gasteiger partial charge on any atom is -0.476 e. The van der Waals surface area contributed by atoms with Crippen LogP contribution >= 0.6 is 0 Å². The van der Waals surface area contributed by atoms with Gasteiger partial charge in [-0.05, 0) is 6.07 Å². The molecule has 0 saturated heterocycles. The number of carbonyl (C=O) groups is 1. The Labute approximate surface area is 142 Å². The van der Waals surface area contributed by atoms with Crippen molar-refractivity contribution in [3.05, 3.63) is 66.1 Å². The zero-order valence-electron chi connectivity index (χ0n) is 13.0. The number of nitrogens with zero attached hydrogens (tertiary/aromatic N) is 4. The third-order valence-corrected chi connectivity index (χ3v) is 3.74. The summed E-state index contributed by atoms with van der Waals surface area (Å²) in [6, 6.07) is 15.1. The maximum Gasteiger partial charge on any atom is 0.356 e. The number of fused-ring (bicyclic) bond motifs is 1. The van der Waals surface area contributed by atoms with Crippen LogP contribution in [0.15, 0.2) is 54.7 Å². The average Bonchev–Trinajstić information content (AvgIpc) is 3.29. The van der Waals surface area contributed by atoms with Gasteiger partial charge in [-0.3, -0.25) is 5.10 Å². The van der Waals surface area contributed by atoms with Gasteiger partial charge in [-0.15, -0.1) is 0 Å². The Balaban J connectivity index is 1.66. The van der Waals surface area contributed by atoms with E-state index in [2.05, 4.69) is 25.6 Å². The van der Waals surface area contributed by atoms with E-state index in [9.17, 15) is 4.79 Å². The van der Waals surface area contributed by atoms with Gasteiger partial charge in [-0.25, -0.2) is 9.78 Å². The van der Waals surface area contributed by atoms with Crippen LogP contribution in [0.5, 0.6) is 0 Å². The summed E-state index contributed by atoms with van der Waals surface area (Å²) in [6.07, 6.45) is 1.68. The lowest BCUT2D eigenvalue weighted by Gasteiger charge is -2.10. The van der Waals surface area contributed by atoms with Crippen molar-refractivity contribution < 1.29 is 9.90 Å². The number of anilines is 1. The molecule has 8 nitrogen and oxygen atoms in total. The van der Waals surface area contributed by atoms with E-state index in [-0.39, 0.29) is 5.69 Å². The summed E-state index contributed by atoms with van der Waals surface area (Å²) in [7, 11) is 0. The van der Waals surface area contributed by atoms with Gasteiger partial charge >= 0.3 is 5.97 Å². The average molecular weight is 334 g/mol. The SMILES string of the molecule is O=C(O)c1cc(CNc2cc(-c3ccccc3)nc3ccnn23)[nH]n1. The Morgan fingerprint density at radius 2 is 2.04 bits per heavy atom. The lowest BCUT2D eigenvalue weighted by Crippen LogP contribution is -2.07. The molecular formula is C17H14N6O2. The zero-order valence-corrected chi connectivity index (χ0v) is 13.0. The zero-order chi connectivity index (χ0) is 17.2. The van der Waals surface area contributed by atoms with E-state index >= 15 is 0 Å². The molecule has 0 aliphatic heterocycles. The first-order valence-corrected chi connectivity index (χ1v) is 7.62. The van der Waals surface area contributed by atoms with Crippen LogP contribution in [0.3, 0.4) is 0 Å². The maximum absolute atomic E-state index is 10.9. The molecule has 0 saturated carbocycles. The van der Waals surface area contributed by atoms with E-state index in [1.54, 1.807) is 10.7 Å². The highest BCUT2D eigenvalue weighted by Gasteiger charge is 2.10. The summed E-state index contributed by atoms with van der Waals surface area (Å²) < 4.78 is 1.70. The molecule has 0 radical (unpaired) electrons. The topological polar surface area (TPSA) is 108 Å². The number of hydrogen-bond acceptors (Lipinski definition) is 5. The standard InChI is InChI=1S/C17H14N6O2/c24-17(25)14-8-12(21-22-14)10-18-16-9-13(11-4-2-1-3-5-11)20-15-6-7-19-23(15)16/h1-9,18H,10H2,(H,21,22)(H,24,25). The monoisotopic (exact) mass is 334 g/mol. The van der Waals surface area contributed by atoms with Crippen molar-refractivity contribution in [3.8, 4) is 11.3 Å². The molecule has 0 aliphatic rings. The van der Waals surface area contributed by atoms with E-state index in [1.165, 1.54) is 6.07 Å². The molecule has 8 heteroatoms. The lowest BCUT2D eigenvalue weighted by molar-refractivity contribution is 0.0690. The smallest absolute Gasteiger partial charge is 0.356 e. The first-order valence-electron chi connectivity index (χ1n) is 7.62. The van der Waals surface area contributed by atoms with Crippen molar-refractivity contribution in [3.63, 3.8) is 0 Å². The number of rotatable bonds is 5. The summed E-state index contributed by atoms with van der Waals surface area (Å²) in [4.78, 5) is 15.5. The maximum atomic E-state index is 10.9. The van der Waals surface area contributed by atoms with Gasteiger partial charge in [-0.2, -0.15) is 14.7 Å². The Hall–Kier alpha value is -3.68. The van der Waals surface area contributed by atoms with E-state index in [4.69, 9.17) is 5.11 Å². The lowest BCUT2D eigenvalue weighted by atomic mass is 10.1. The number of carboxylic acid groups (broad SMARTS) is 1. The molecule has 0 atom stereocenters. The molecule has 4 rings (SSSR count). The molecule has 0 fully saturated rings. The molecule has 124 valence electrons. The summed E-state index contributed by atoms with van der Waals surface area (Å²) in [5.41, 5.74) is 3.20. The third kappa shape index (κ3) is 2.92. The van der Waals surface area contributed by atoms with Crippen LogP contribution in [0.1, 0.15) is 16.2 Å². The second-order valence-corrected chi connectivity index (χ2v) is 5.43. The second kappa shape index (κ2) is 6.08. The molecule has 3 aromatic heterocycles. The first-order chi connectivity index (χ1) is 12.2. The molecule has 3 N–H and O–H groups in total. The minimum absolute atomic E-state index is 0.0132. The van der Waals surface area contributed by atoms with Crippen LogP contribution in [-0.4, -0.2) is 35.9 Å². The summed E-state index contributed by atoms with van der Waals surface area (Å²) in [6.45, 7) is 0.382. The van der Waals surface area contributed by atoms with Gasteiger partial charge in [-0.1, -0.05) is 30.3 Å². The summed E-state index contributed by atoms with van der Waals surface area (Å²) >= 11 is 0. The van der Waals surface area contributed by atoms with Crippen molar-refractivity contribution in [1.82, 2.24) is 24.8 Å². The Kier molecular flexibility index (Phi) is 3.62. The predicted molar refractivity (Wildman–Crippen MR) is 91.3 cm³/mol. The van der Waals surface area contributed by atoms with Gasteiger partial charge in [0, 0.05) is 17.7 Å². The van der Waals surface area contributed by atoms with Crippen molar-refractivity contribution in [1.29, 1.82) is 0 Å². The van der Waals surface area contributed by atoms with Crippen molar-refractivity contribution in [2.45, 2.75) is 6.54 Å². The van der Waals surface area contributed by atoms with Crippen LogP contribution in [0.2, 0.25) is 0 Å². The number of nitrogens with one attached hydrogen (secondary N) is 2. The predicted octanol–water partition coefficient (Wildman–Crippen LogP) is 2.43. The van der Waals surface area contributed by atoms with E-state index in [1.807, 2.05) is 42.5 Å². The second-order valence-electron chi connectivity index (χ2n) is 5.43. The number of benzene rings is 1. The van der Waals surface area contributed by atoms with Gasteiger partial charge in [0.1, 0.15) is 5.82 Å². The molecule has 25 heavy (non-hydrogen) atoms. The van der Waals surface area contributed by atoms with Gasteiger partial charge in [0.15, 0.2) is 11.3 Å². The third-order valence-electron chi connectivity index (χ3n) is 3.74. The summed E-state index contributed by atoms with van der Waals surface area (Å²) in [5, 5.41) is 22.9. The molecule has 4 aromatic rings. The fourth-order valence-electron chi connectivity index (χ4n) is 2.54. The van der Waals surface area contributed by atoms with Crippen LogP contribution < -0.4 is 5.32 Å². The van der Waals surface area contributed by atoms with Gasteiger partial charge in [0.05, 0.1) is 24.1 Å². The molecule has 0 bridgehead atoms. The van der Waals surface area contributed by atoms with Crippen molar-refractivity contribution in [2.75, 3.05) is 5.32 Å². The van der Waals surface area contributed by atoms with Crippen LogP contribution in [0.25, 0.3) is 16.9 Å². The molecule has 1 aromatic carbocycles. The first kappa shape index (κ1) is 14.9. The van der Waals surface area contributed by atoms with Crippen molar-refractivity contribution in [2.24, 2.45) is 0 Å².